The van der Waals surface area contributed by atoms with Crippen LogP contribution in [-0.4, -0.2) is 51.9 Å². The predicted molar refractivity (Wildman–Crippen MR) is 123 cm³/mol. The van der Waals surface area contributed by atoms with Crippen molar-refractivity contribution in [2.75, 3.05) is 36.4 Å². The van der Waals surface area contributed by atoms with Crippen molar-refractivity contribution in [3.8, 4) is 0 Å². The Morgan fingerprint density at radius 2 is 1.74 bits per heavy atom. The standard InChI is InChI=1S/C24H28N6O/c1-3-20(19-7-5-4-6-8-19)24(31)30-13-11-29(12-14-30)23-16-22(26-17-27-23)28-21-15-18(2)9-10-25-21/h4-10,15-17,20H,3,11-14H2,1-2H3,(H,25,26,27,28). The van der Waals surface area contributed by atoms with E-state index >= 15 is 0 Å². The minimum Gasteiger partial charge on any atom is -0.353 e. The van der Waals surface area contributed by atoms with Crippen molar-refractivity contribution in [2.24, 2.45) is 0 Å². The van der Waals surface area contributed by atoms with Gasteiger partial charge in [-0.25, -0.2) is 15.0 Å². The molecule has 1 atom stereocenters. The highest BCUT2D eigenvalue weighted by Crippen LogP contribution is 2.24. The van der Waals surface area contributed by atoms with E-state index in [1.165, 1.54) is 0 Å². The van der Waals surface area contributed by atoms with Crippen molar-refractivity contribution in [1.82, 2.24) is 19.9 Å². The molecule has 0 bridgehead atoms. The number of carbonyl (C=O) groups is 1. The van der Waals surface area contributed by atoms with Crippen LogP contribution in [0.3, 0.4) is 0 Å². The average molecular weight is 417 g/mol. The summed E-state index contributed by atoms with van der Waals surface area (Å²) in [5.74, 6) is 2.45. The van der Waals surface area contributed by atoms with Gasteiger partial charge in [0, 0.05) is 38.4 Å². The van der Waals surface area contributed by atoms with Crippen LogP contribution < -0.4 is 10.2 Å². The number of piperazine rings is 1. The normalized spacial score (nSPS) is 14.9. The van der Waals surface area contributed by atoms with Crippen LogP contribution >= 0.6 is 0 Å². The number of benzene rings is 1. The molecule has 7 nitrogen and oxygen atoms in total. The minimum absolute atomic E-state index is 0.0792. The van der Waals surface area contributed by atoms with Gasteiger partial charge in [-0.05, 0) is 36.6 Å². The molecule has 1 amide bonds. The van der Waals surface area contributed by atoms with Crippen LogP contribution in [0.5, 0.6) is 0 Å². The Morgan fingerprint density at radius 3 is 2.45 bits per heavy atom. The lowest BCUT2D eigenvalue weighted by molar-refractivity contribution is -0.133. The number of carbonyl (C=O) groups excluding carboxylic acids is 1. The molecule has 3 aromatic rings. The molecule has 31 heavy (non-hydrogen) atoms. The number of aromatic nitrogens is 3. The molecule has 1 aromatic carbocycles. The highest BCUT2D eigenvalue weighted by atomic mass is 16.2. The van der Waals surface area contributed by atoms with Crippen LogP contribution in [0.25, 0.3) is 0 Å². The molecule has 0 radical (unpaired) electrons. The number of hydrogen-bond acceptors (Lipinski definition) is 6. The highest BCUT2D eigenvalue weighted by Gasteiger charge is 2.28. The van der Waals surface area contributed by atoms with E-state index in [0.29, 0.717) is 18.9 Å². The van der Waals surface area contributed by atoms with Gasteiger partial charge in [-0.1, -0.05) is 37.3 Å². The maximum Gasteiger partial charge on any atom is 0.230 e. The average Bonchev–Trinajstić information content (AvgIpc) is 2.80. The molecule has 1 unspecified atom stereocenters. The number of aryl methyl sites for hydroxylation is 1. The smallest absolute Gasteiger partial charge is 0.230 e. The molecule has 3 heterocycles. The van der Waals surface area contributed by atoms with E-state index in [9.17, 15) is 4.79 Å². The second-order valence-electron chi connectivity index (χ2n) is 7.79. The van der Waals surface area contributed by atoms with Gasteiger partial charge in [-0.3, -0.25) is 4.79 Å². The maximum absolute atomic E-state index is 13.1. The molecule has 1 aliphatic heterocycles. The fraction of sp³-hybridized carbons (Fsp3) is 0.333. The van der Waals surface area contributed by atoms with Gasteiger partial charge in [-0.15, -0.1) is 0 Å². The van der Waals surface area contributed by atoms with Crippen LogP contribution in [0.15, 0.2) is 61.1 Å². The number of pyridine rings is 1. The van der Waals surface area contributed by atoms with Crippen LogP contribution in [0.2, 0.25) is 0 Å². The first-order valence-electron chi connectivity index (χ1n) is 10.7. The second-order valence-corrected chi connectivity index (χ2v) is 7.79. The Labute approximate surface area is 183 Å². The summed E-state index contributed by atoms with van der Waals surface area (Å²) in [5, 5.41) is 3.24. The van der Waals surface area contributed by atoms with Gasteiger partial charge >= 0.3 is 0 Å². The summed E-state index contributed by atoms with van der Waals surface area (Å²) in [4.78, 5) is 30.4. The molecular weight excluding hydrogens is 388 g/mol. The Kier molecular flexibility index (Phi) is 6.40. The quantitative estimate of drug-likeness (QED) is 0.659. The fourth-order valence-corrected chi connectivity index (χ4v) is 3.94. The van der Waals surface area contributed by atoms with Gasteiger partial charge in [0.1, 0.15) is 23.8 Å². The molecular formula is C24H28N6O. The van der Waals surface area contributed by atoms with E-state index in [1.54, 1.807) is 12.5 Å². The SMILES string of the molecule is CCC(C(=O)N1CCN(c2cc(Nc3cc(C)ccn3)ncn2)CC1)c1ccccc1. The van der Waals surface area contributed by atoms with Crippen molar-refractivity contribution in [1.29, 1.82) is 0 Å². The lowest BCUT2D eigenvalue weighted by atomic mass is 9.95. The van der Waals surface area contributed by atoms with Gasteiger partial charge in [0.15, 0.2) is 0 Å². The van der Waals surface area contributed by atoms with Gasteiger partial charge in [-0.2, -0.15) is 0 Å². The Bertz CT molecular complexity index is 1020. The van der Waals surface area contributed by atoms with Crippen molar-refractivity contribution >= 4 is 23.4 Å². The lowest BCUT2D eigenvalue weighted by Gasteiger charge is -2.37. The summed E-state index contributed by atoms with van der Waals surface area (Å²) in [7, 11) is 0. The number of anilines is 3. The van der Waals surface area contributed by atoms with Gasteiger partial charge < -0.3 is 15.1 Å². The lowest BCUT2D eigenvalue weighted by Crippen LogP contribution is -2.50. The monoisotopic (exact) mass is 416 g/mol. The van der Waals surface area contributed by atoms with E-state index in [2.05, 4.69) is 32.1 Å². The van der Waals surface area contributed by atoms with Crippen LogP contribution in [0.1, 0.15) is 30.4 Å². The largest absolute Gasteiger partial charge is 0.353 e. The first-order valence-corrected chi connectivity index (χ1v) is 10.7. The van der Waals surface area contributed by atoms with Crippen LogP contribution in [-0.2, 0) is 4.79 Å². The topological polar surface area (TPSA) is 74.2 Å². The van der Waals surface area contributed by atoms with Crippen molar-refractivity contribution < 1.29 is 4.79 Å². The summed E-state index contributed by atoms with van der Waals surface area (Å²) in [6.45, 7) is 6.97. The summed E-state index contributed by atoms with van der Waals surface area (Å²) in [5.41, 5.74) is 2.22. The molecule has 1 fully saturated rings. The van der Waals surface area contributed by atoms with E-state index in [1.807, 2.05) is 60.4 Å². The molecule has 7 heteroatoms. The number of amides is 1. The molecule has 0 aliphatic carbocycles. The molecule has 0 spiro atoms. The zero-order valence-corrected chi connectivity index (χ0v) is 18.0. The van der Waals surface area contributed by atoms with Gasteiger partial charge in [0.2, 0.25) is 5.91 Å². The van der Waals surface area contributed by atoms with E-state index in [4.69, 9.17) is 0 Å². The number of rotatable bonds is 6. The van der Waals surface area contributed by atoms with E-state index in [-0.39, 0.29) is 11.8 Å². The zero-order chi connectivity index (χ0) is 21.6. The summed E-state index contributed by atoms with van der Waals surface area (Å²) in [6, 6.07) is 15.9. The summed E-state index contributed by atoms with van der Waals surface area (Å²) < 4.78 is 0. The van der Waals surface area contributed by atoms with Crippen molar-refractivity contribution in [2.45, 2.75) is 26.2 Å². The molecule has 4 rings (SSSR count). The predicted octanol–water partition coefficient (Wildman–Crippen LogP) is 3.77. The molecule has 160 valence electrons. The van der Waals surface area contributed by atoms with E-state index in [0.717, 1.165) is 42.3 Å². The molecule has 1 N–H and O–H groups in total. The maximum atomic E-state index is 13.1. The molecule has 1 saturated heterocycles. The highest BCUT2D eigenvalue weighted by molar-refractivity contribution is 5.84. The third-order valence-electron chi connectivity index (χ3n) is 5.65. The number of nitrogens with one attached hydrogen (secondary N) is 1. The first-order chi connectivity index (χ1) is 15.1. The van der Waals surface area contributed by atoms with Crippen LogP contribution in [0, 0.1) is 6.92 Å². The third-order valence-corrected chi connectivity index (χ3v) is 5.65. The Balaban J connectivity index is 1.39. The Hall–Kier alpha value is -3.48. The second kappa shape index (κ2) is 9.55. The summed E-state index contributed by atoms with van der Waals surface area (Å²) in [6.07, 6.45) is 4.14. The van der Waals surface area contributed by atoms with Gasteiger partial charge in [0.05, 0.1) is 5.92 Å². The number of nitrogens with zero attached hydrogens (tertiary/aromatic N) is 5. The molecule has 1 aliphatic rings. The summed E-state index contributed by atoms with van der Waals surface area (Å²) >= 11 is 0. The zero-order valence-electron chi connectivity index (χ0n) is 18.0. The van der Waals surface area contributed by atoms with Crippen molar-refractivity contribution in [3.05, 3.63) is 72.2 Å². The van der Waals surface area contributed by atoms with E-state index < -0.39 is 0 Å². The minimum atomic E-state index is -0.0792. The van der Waals surface area contributed by atoms with Crippen LogP contribution in [0.4, 0.5) is 17.5 Å². The van der Waals surface area contributed by atoms with Gasteiger partial charge in [0.25, 0.3) is 0 Å². The van der Waals surface area contributed by atoms with Crippen molar-refractivity contribution in [3.63, 3.8) is 0 Å². The Morgan fingerprint density at radius 1 is 1.00 bits per heavy atom. The molecule has 2 aromatic heterocycles. The molecule has 0 saturated carbocycles. The fourth-order valence-electron chi connectivity index (χ4n) is 3.94. The third kappa shape index (κ3) is 4.99. The number of hydrogen-bond donors (Lipinski definition) is 1. The first kappa shape index (κ1) is 20.8.